The van der Waals surface area contributed by atoms with Gasteiger partial charge in [-0.05, 0) is 25.5 Å². The van der Waals surface area contributed by atoms with E-state index in [1.807, 2.05) is 13.0 Å². The molecule has 0 spiro atoms. The molecule has 3 heterocycles. The fraction of sp³-hybridized carbons (Fsp3) is 0.385. The molecule has 0 saturated carbocycles. The Hall–Kier alpha value is -1.66. The lowest BCUT2D eigenvalue weighted by Crippen LogP contribution is -2.30. The summed E-state index contributed by atoms with van der Waals surface area (Å²) in [4.78, 5) is 19.2. The van der Waals surface area contributed by atoms with Crippen LogP contribution in [0.3, 0.4) is 0 Å². The van der Waals surface area contributed by atoms with Gasteiger partial charge in [0.1, 0.15) is 5.69 Å². The van der Waals surface area contributed by atoms with E-state index in [4.69, 9.17) is 4.42 Å². The van der Waals surface area contributed by atoms with Crippen molar-refractivity contribution in [2.45, 2.75) is 19.4 Å². The molecule has 1 aliphatic heterocycles. The first-order valence-corrected chi connectivity index (χ1v) is 6.95. The lowest BCUT2D eigenvalue weighted by molar-refractivity contribution is 0.0759. The fourth-order valence-corrected chi connectivity index (χ4v) is 3.05. The summed E-state index contributed by atoms with van der Waals surface area (Å²) in [5.41, 5.74) is 0.463. The molecule has 0 aliphatic carbocycles. The molecule has 0 aromatic carbocycles. The standard InChI is InChI=1S/C13H14N2O3S/c1-8-11(13(17)15-5-4-9(16)7-15)14-12(19-8)10-3-2-6-18-10/h2-3,6,9,16H,4-5,7H2,1H3. The minimum atomic E-state index is -0.410. The number of aliphatic hydroxyl groups is 1. The summed E-state index contributed by atoms with van der Waals surface area (Å²) in [5, 5.41) is 10.2. The summed E-state index contributed by atoms with van der Waals surface area (Å²) >= 11 is 1.45. The van der Waals surface area contributed by atoms with E-state index in [2.05, 4.69) is 4.98 Å². The van der Waals surface area contributed by atoms with Crippen molar-refractivity contribution in [1.82, 2.24) is 9.88 Å². The number of hydrogen-bond donors (Lipinski definition) is 1. The monoisotopic (exact) mass is 278 g/mol. The van der Waals surface area contributed by atoms with Crippen LogP contribution in [0.2, 0.25) is 0 Å². The van der Waals surface area contributed by atoms with E-state index in [1.54, 1.807) is 17.2 Å². The minimum absolute atomic E-state index is 0.108. The summed E-state index contributed by atoms with van der Waals surface area (Å²) in [6.07, 6.45) is 1.82. The van der Waals surface area contributed by atoms with Crippen LogP contribution in [-0.4, -0.2) is 40.1 Å². The van der Waals surface area contributed by atoms with Crippen LogP contribution >= 0.6 is 11.3 Å². The van der Waals surface area contributed by atoms with Crippen LogP contribution in [0.25, 0.3) is 10.8 Å². The maximum atomic E-state index is 12.3. The molecule has 1 N–H and O–H groups in total. The Kier molecular flexibility index (Phi) is 3.12. The maximum absolute atomic E-state index is 12.3. The number of nitrogens with zero attached hydrogens (tertiary/aromatic N) is 2. The summed E-state index contributed by atoms with van der Waals surface area (Å²) in [6, 6.07) is 3.62. The van der Waals surface area contributed by atoms with E-state index >= 15 is 0 Å². The van der Waals surface area contributed by atoms with Gasteiger partial charge in [0.25, 0.3) is 5.91 Å². The van der Waals surface area contributed by atoms with Gasteiger partial charge in [-0.1, -0.05) is 0 Å². The Balaban J connectivity index is 1.87. The van der Waals surface area contributed by atoms with E-state index in [-0.39, 0.29) is 5.91 Å². The number of carbonyl (C=O) groups is 1. The Labute approximate surface area is 114 Å². The Morgan fingerprint density at radius 1 is 1.63 bits per heavy atom. The van der Waals surface area contributed by atoms with Crippen molar-refractivity contribution in [3.05, 3.63) is 29.0 Å². The molecule has 3 rings (SSSR count). The van der Waals surface area contributed by atoms with Crippen LogP contribution < -0.4 is 0 Å². The van der Waals surface area contributed by atoms with Gasteiger partial charge in [0, 0.05) is 18.0 Å². The quantitative estimate of drug-likeness (QED) is 0.911. The number of likely N-dealkylation sites (tertiary alicyclic amines) is 1. The number of aromatic nitrogens is 1. The maximum Gasteiger partial charge on any atom is 0.273 e. The lowest BCUT2D eigenvalue weighted by Gasteiger charge is -2.14. The largest absolute Gasteiger partial charge is 0.462 e. The van der Waals surface area contributed by atoms with Crippen molar-refractivity contribution in [1.29, 1.82) is 0 Å². The van der Waals surface area contributed by atoms with E-state index in [0.717, 1.165) is 4.88 Å². The second-order valence-corrected chi connectivity index (χ2v) is 5.80. The van der Waals surface area contributed by atoms with Crippen LogP contribution in [0.15, 0.2) is 22.8 Å². The number of hydrogen-bond acceptors (Lipinski definition) is 5. The SMILES string of the molecule is Cc1sc(-c2ccco2)nc1C(=O)N1CCC(O)C1. The normalized spacial score (nSPS) is 19.1. The van der Waals surface area contributed by atoms with Gasteiger partial charge in [0.05, 0.1) is 12.4 Å². The molecule has 1 fully saturated rings. The first kappa shape index (κ1) is 12.4. The molecule has 19 heavy (non-hydrogen) atoms. The number of carbonyl (C=O) groups excluding carboxylic acids is 1. The molecule has 1 amide bonds. The number of amides is 1. The third kappa shape index (κ3) is 2.29. The summed E-state index contributed by atoms with van der Waals surface area (Å²) < 4.78 is 5.29. The van der Waals surface area contributed by atoms with Crippen LogP contribution in [0.4, 0.5) is 0 Å². The molecular formula is C13H14N2O3S. The molecule has 1 atom stereocenters. The molecule has 5 nitrogen and oxygen atoms in total. The predicted octanol–water partition coefficient (Wildman–Crippen LogP) is 1.92. The number of thiazole rings is 1. The van der Waals surface area contributed by atoms with Gasteiger partial charge >= 0.3 is 0 Å². The van der Waals surface area contributed by atoms with E-state index in [9.17, 15) is 9.90 Å². The number of aryl methyl sites for hydroxylation is 1. The molecule has 0 bridgehead atoms. The molecule has 1 saturated heterocycles. The van der Waals surface area contributed by atoms with Crippen molar-refractivity contribution in [3.63, 3.8) is 0 Å². The highest BCUT2D eigenvalue weighted by Crippen LogP contribution is 2.29. The number of rotatable bonds is 2. The summed E-state index contributed by atoms with van der Waals surface area (Å²) in [5.74, 6) is 0.566. The van der Waals surface area contributed by atoms with Crippen LogP contribution in [0, 0.1) is 6.92 Å². The molecule has 2 aromatic heterocycles. The van der Waals surface area contributed by atoms with Gasteiger partial charge in [-0.3, -0.25) is 4.79 Å². The second kappa shape index (κ2) is 4.79. The highest BCUT2D eigenvalue weighted by molar-refractivity contribution is 7.15. The topological polar surface area (TPSA) is 66.6 Å². The number of aliphatic hydroxyl groups excluding tert-OH is 1. The highest BCUT2D eigenvalue weighted by atomic mass is 32.1. The van der Waals surface area contributed by atoms with Gasteiger partial charge in [0.15, 0.2) is 10.8 Å². The Morgan fingerprint density at radius 3 is 3.11 bits per heavy atom. The number of furan rings is 1. The zero-order valence-electron chi connectivity index (χ0n) is 10.5. The second-order valence-electron chi connectivity index (χ2n) is 4.59. The third-order valence-corrected chi connectivity index (χ3v) is 4.17. The van der Waals surface area contributed by atoms with Crippen molar-refractivity contribution < 1.29 is 14.3 Å². The fourth-order valence-electron chi connectivity index (χ4n) is 2.18. The molecule has 100 valence electrons. The zero-order valence-corrected chi connectivity index (χ0v) is 11.3. The molecule has 0 radical (unpaired) electrons. The predicted molar refractivity (Wildman–Crippen MR) is 71.1 cm³/mol. The average Bonchev–Trinajstić information content (AvgIpc) is 3.07. The Bertz CT molecular complexity index is 591. The molecule has 1 unspecified atom stereocenters. The van der Waals surface area contributed by atoms with Crippen molar-refractivity contribution in [2.24, 2.45) is 0 Å². The first-order valence-electron chi connectivity index (χ1n) is 6.14. The molecule has 1 aliphatic rings. The highest BCUT2D eigenvalue weighted by Gasteiger charge is 2.28. The first-order chi connectivity index (χ1) is 9.15. The van der Waals surface area contributed by atoms with Gasteiger partial charge in [-0.2, -0.15) is 0 Å². The number of β-amino-alcohol motifs (C(OH)–C–C–N with tert-alkyl or cyclic N) is 1. The lowest BCUT2D eigenvalue weighted by atomic mass is 10.3. The smallest absolute Gasteiger partial charge is 0.273 e. The van der Waals surface area contributed by atoms with E-state index in [0.29, 0.717) is 36.0 Å². The van der Waals surface area contributed by atoms with E-state index in [1.165, 1.54) is 11.3 Å². The summed E-state index contributed by atoms with van der Waals surface area (Å²) in [7, 11) is 0. The average molecular weight is 278 g/mol. The van der Waals surface area contributed by atoms with E-state index < -0.39 is 6.10 Å². The molecular weight excluding hydrogens is 264 g/mol. The van der Waals surface area contributed by atoms with Crippen LogP contribution in [0.1, 0.15) is 21.8 Å². The molecule has 2 aromatic rings. The summed E-state index contributed by atoms with van der Waals surface area (Å²) in [6.45, 7) is 2.86. The van der Waals surface area contributed by atoms with Crippen LogP contribution in [0.5, 0.6) is 0 Å². The third-order valence-electron chi connectivity index (χ3n) is 3.18. The van der Waals surface area contributed by atoms with Gasteiger partial charge in [-0.25, -0.2) is 4.98 Å². The van der Waals surface area contributed by atoms with Gasteiger partial charge in [-0.15, -0.1) is 11.3 Å². The zero-order chi connectivity index (χ0) is 13.4. The van der Waals surface area contributed by atoms with Crippen molar-refractivity contribution in [2.75, 3.05) is 13.1 Å². The molecule has 6 heteroatoms. The van der Waals surface area contributed by atoms with Crippen molar-refractivity contribution >= 4 is 17.2 Å². The van der Waals surface area contributed by atoms with Crippen molar-refractivity contribution in [3.8, 4) is 10.8 Å². The van der Waals surface area contributed by atoms with Gasteiger partial charge < -0.3 is 14.4 Å². The Morgan fingerprint density at radius 2 is 2.47 bits per heavy atom. The van der Waals surface area contributed by atoms with Gasteiger partial charge in [0.2, 0.25) is 0 Å². The van der Waals surface area contributed by atoms with Crippen LogP contribution in [-0.2, 0) is 0 Å². The minimum Gasteiger partial charge on any atom is -0.462 e.